The maximum Gasteiger partial charge on any atom is 0.291 e. The van der Waals surface area contributed by atoms with Crippen molar-refractivity contribution in [1.82, 2.24) is 20.4 Å². The van der Waals surface area contributed by atoms with Crippen LogP contribution >= 0.6 is 0 Å². The summed E-state index contributed by atoms with van der Waals surface area (Å²) in [5, 5.41) is 3.98. The summed E-state index contributed by atoms with van der Waals surface area (Å²) in [6.45, 7) is 3.85. The molecule has 3 aromatic rings. The Bertz CT molecular complexity index is 1050. The highest BCUT2D eigenvalue weighted by molar-refractivity contribution is 5.93. The summed E-state index contributed by atoms with van der Waals surface area (Å²) in [6, 6.07) is 8.82. The number of amides is 1. The van der Waals surface area contributed by atoms with Gasteiger partial charge < -0.3 is 14.2 Å². The van der Waals surface area contributed by atoms with Crippen LogP contribution in [0.25, 0.3) is 11.3 Å². The van der Waals surface area contributed by atoms with Crippen molar-refractivity contribution in [2.24, 2.45) is 5.10 Å². The molecule has 1 aromatic carbocycles. The molecule has 0 aliphatic carbocycles. The molecule has 0 saturated heterocycles. The molecule has 0 bridgehead atoms. The molecule has 0 unspecified atom stereocenters. The van der Waals surface area contributed by atoms with E-state index in [9.17, 15) is 4.79 Å². The van der Waals surface area contributed by atoms with Gasteiger partial charge in [0.1, 0.15) is 17.2 Å². The van der Waals surface area contributed by atoms with E-state index in [1.165, 1.54) is 12.4 Å². The largest absolute Gasteiger partial charge is 0.497 e. The molecular weight excluding hydrogens is 398 g/mol. The van der Waals surface area contributed by atoms with E-state index in [4.69, 9.17) is 14.2 Å². The molecule has 0 radical (unpaired) electrons. The predicted molar refractivity (Wildman–Crippen MR) is 116 cm³/mol. The van der Waals surface area contributed by atoms with Gasteiger partial charge in [0.05, 0.1) is 44.6 Å². The van der Waals surface area contributed by atoms with E-state index in [1.807, 2.05) is 19.9 Å². The lowest BCUT2D eigenvalue weighted by Crippen LogP contribution is -2.19. The Morgan fingerprint density at radius 1 is 1.06 bits per heavy atom. The first-order chi connectivity index (χ1) is 15.0. The fourth-order valence-corrected chi connectivity index (χ4v) is 2.58. The van der Waals surface area contributed by atoms with Gasteiger partial charge in [0.2, 0.25) is 5.88 Å². The van der Waals surface area contributed by atoms with E-state index in [1.54, 1.807) is 50.9 Å². The highest BCUT2D eigenvalue weighted by Crippen LogP contribution is 2.21. The Morgan fingerprint density at radius 3 is 2.42 bits per heavy atom. The maximum atomic E-state index is 12.4. The molecule has 160 valence electrons. The van der Waals surface area contributed by atoms with Crippen molar-refractivity contribution in [3.8, 4) is 28.6 Å². The number of carbonyl (C=O) groups excluding carboxylic acids is 1. The lowest BCUT2D eigenvalue weighted by molar-refractivity contribution is 0.0950. The number of carbonyl (C=O) groups is 1. The molecular formula is C22H23N5O4. The van der Waals surface area contributed by atoms with Crippen molar-refractivity contribution in [3.63, 3.8) is 0 Å². The third-order valence-corrected chi connectivity index (χ3v) is 4.01. The third-order valence-electron chi connectivity index (χ3n) is 4.01. The molecule has 31 heavy (non-hydrogen) atoms. The minimum Gasteiger partial charge on any atom is -0.497 e. The van der Waals surface area contributed by atoms with Crippen LogP contribution in [0, 0.1) is 0 Å². The SMILES string of the molecule is COc1cc(/C=N/NC(=O)c2cncc(-c3ccc(OC(C)C)nc3)n2)cc(OC)c1. The molecule has 9 nitrogen and oxygen atoms in total. The molecule has 0 spiro atoms. The quantitative estimate of drug-likeness (QED) is 0.440. The van der Waals surface area contributed by atoms with Crippen LogP contribution in [-0.2, 0) is 0 Å². The minimum atomic E-state index is -0.492. The molecule has 9 heteroatoms. The van der Waals surface area contributed by atoms with Crippen LogP contribution in [0.5, 0.6) is 17.4 Å². The number of aromatic nitrogens is 3. The number of benzene rings is 1. The van der Waals surface area contributed by atoms with Gasteiger partial charge in [-0.2, -0.15) is 5.10 Å². The van der Waals surface area contributed by atoms with Gasteiger partial charge >= 0.3 is 0 Å². The Morgan fingerprint density at radius 2 is 1.81 bits per heavy atom. The summed E-state index contributed by atoms with van der Waals surface area (Å²) >= 11 is 0. The Balaban J connectivity index is 1.70. The standard InChI is InChI=1S/C22H23N5O4/c1-14(2)31-21-6-5-16(11-24-21)19-12-23-13-20(26-19)22(28)27-25-10-15-7-17(29-3)9-18(8-15)30-4/h5-14H,1-4H3,(H,27,28)/b25-10+. The van der Waals surface area contributed by atoms with Crippen molar-refractivity contribution >= 4 is 12.1 Å². The van der Waals surface area contributed by atoms with Gasteiger partial charge in [-0.1, -0.05) is 0 Å². The van der Waals surface area contributed by atoms with Gasteiger partial charge in [0, 0.05) is 29.5 Å². The van der Waals surface area contributed by atoms with Gasteiger partial charge in [-0.3, -0.25) is 9.78 Å². The van der Waals surface area contributed by atoms with Crippen molar-refractivity contribution in [2.75, 3.05) is 14.2 Å². The smallest absolute Gasteiger partial charge is 0.291 e. The number of nitrogens with one attached hydrogen (secondary N) is 1. The second kappa shape index (κ2) is 10.1. The van der Waals surface area contributed by atoms with Crippen molar-refractivity contribution < 1.29 is 19.0 Å². The third kappa shape index (κ3) is 5.99. The molecule has 2 heterocycles. The molecule has 0 fully saturated rings. The lowest BCUT2D eigenvalue weighted by Gasteiger charge is -2.09. The molecule has 1 N–H and O–H groups in total. The molecule has 2 aromatic heterocycles. The summed E-state index contributed by atoms with van der Waals surface area (Å²) in [7, 11) is 3.12. The molecule has 0 aliphatic rings. The highest BCUT2D eigenvalue weighted by Gasteiger charge is 2.10. The van der Waals surface area contributed by atoms with Crippen molar-refractivity contribution in [2.45, 2.75) is 20.0 Å². The molecule has 0 aliphatic heterocycles. The normalized spacial score (nSPS) is 10.9. The number of hydrogen-bond donors (Lipinski definition) is 1. The minimum absolute atomic E-state index is 0.0313. The molecule has 1 amide bonds. The summed E-state index contributed by atoms with van der Waals surface area (Å²) in [4.78, 5) is 25.1. The van der Waals surface area contributed by atoms with Crippen LogP contribution in [0.1, 0.15) is 29.9 Å². The first kappa shape index (κ1) is 21.7. The van der Waals surface area contributed by atoms with E-state index >= 15 is 0 Å². The van der Waals surface area contributed by atoms with Gasteiger partial charge in [0.25, 0.3) is 5.91 Å². The number of hydrazone groups is 1. The number of rotatable bonds is 8. The number of ether oxygens (including phenoxy) is 3. The van der Waals surface area contributed by atoms with Crippen LogP contribution in [0.2, 0.25) is 0 Å². The van der Waals surface area contributed by atoms with E-state index in [2.05, 4.69) is 25.5 Å². The average Bonchev–Trinajstić information content (AvgIpc) is 2.79. The predicted octanol–water partition coefficient (Wildman–Crippen LogP) is 3.11. The van der Waals surface area contributed by atoms with Crippen LogP contribution in [-0.4, -0.2) is 47.4 Å². The van der Waals surface area contributed by atoms with Crippen LogP contribution in [0.3, 0.4) is 0 Å². The van der Waals surface area contributed by atoms with Gasteiger partial charge in [0.15, 0.2) is 0 Å². The summed E-state index contributed by atoms with van der Waals surface area (Å²) in [5.41, 5.74) is 4.49. The van der Waals surface area contributed by atoms with Crippen molar-refractivity contribution in [3.05, 3.63) is 60.2 Å². The zero-order valence-electron chi connectivity index (χ0n) is 17.7. The molecule has 0 atom stereocenters. The fourth-order valence-electron chi connectivity index (χ4n) is 2.58. The van der Waals surface area contributed by atoms with Crippen LogP contribution in [0.4, 0.5) is 0 Å². The van der Waals surface area contributed by atoms with E-state index in [0.717, 1.165) is 0 Å². The van der Waals surface area contributed by atoms with Crippen LogP contribution in [0.15, 0.2) is 54.0 Å². The Labute approximate surface area is 180 Å². The summed E-state index contributed by atoms with van der Waals surface area (Å²) < 4.78 is 16.0. The molecule has 3 rings (SSSR count). The highest BCUT2D eigenvalue weighted by atomic mass is 16.5. The monoisotopic (exact) mass is 421 g/mol. The van der Waals surface area contributed by atoms with Crippen molar-refractivity contribution in [1.29, 1.82) is 0 Å². The first-order valence-electron chi connectivity index (χ1n) is 9.50. The Hall–Kier alpha value is -4.01. The maximum absolute atomic E-state index is 12.4. The zero-order valence-corrected chi connectivity index (χ0v) is 17.7. The Kier molecular flexibility index (Phi) is 7.10. The van der Waals surface area contributed by atoms with Crippen LogP contribution < -0.4 is 19.6 Å². The lowest BCUT2D eigenvalue weighted by atomic mass is 10.2. The number of methoxy groups -OCH3 is 2. The van der Waals surface area contributed by atoms with E-state index in [-0.39, 0.29) is 11.8 Å². The topological polar surface area (TPSA) is 108 Å². The van der Waals surface area contributed by atoms with Gasteiger partial charge in [-0.05, 0) is 32.0 Å². The van der Waals surface area contributed by atoms with E-state index < -0.39 is 5.91 Å². The van der Waals surface area contributed by atoms with E-state index in [0.29, 0.717) is 34.2 Å². The van der Waals surface area contributed by atoms with Gasteiger partial charge in [-0.15, -0.1) is 0 Å². The van der Waals surface area contributed by atoms with Gasteiger partial charge in [-0.25, -0.2) is 15.4 Å². The average molecular weight is 421 g/mol. The number of nitrogens with zero attached hydrogens (tertiary/aromatic N) is 4. The zero-order chi connectivity index (χ0) is 22.2. The molecule has 0 saturated carbocycles. The number of pyridine rings is 1. The fraction of sp³-hybridized carbons (Fsp3) is 0.227. The second-order valence-electron chi connectivity index (χ2n) is 6.69. The summed E-state index contributed by atoms with van der Waals surface area (Å²) in [6.07, 6.45) is 6.06. The second-order valence-corrected chi connectivity index (χ2v) is 6.69. The first-order valence-corrected chi connectivity index (χ1v) is 9.50. The number of hydrogen-bond acceptors (Lipinski definition) is 8. The summed E-state index contributed by atoms with van der Waals surface area (Å²) in [5.74, 6) is 1.26.